The first kappa shape index (κ1) is 24.5. The third-order valence-electron chi connectivity index (χ3n) is 5.29. The van der Waals surface area contributed by atoms with Crippen LogP contribution in [0.4, 0.5) is 11.5 Å². The van der Waals surface area contributed by atoms with Crippen LogP contribution in [0.25, 0.3) is 10.8 Å². The van der Waals surface area contributed by atoms with Crippen LogP contribution in [-0.2, 0) is 17.8 Å². The Labute approximate surface area is 196 Å². The zero-order valence-electron chi connectivity index (χ0n) is 19.5. The van der Waals surface area contributed by atoms with Crippen molar-refractivity contribution in [1.29, 1.82) is 0 Å². The van der Waals surface area contributed by atoms with E-state index in [-0.39, 0.29) is 23.8 Å². The number of aromatic amines is 1. The second-order valence-corrected chi connectivity index (χ2v) is 9.32. The molecule has 0 radical (unpaired) electrons. The van der Waals surface area contributed by atoms with E-state index in [0.29, 0.717) is 41.9 Å². The second-order valence-electron chi connectivity index (χ2n) is 8.46. The summed E-state index contributed by atoms with van der Waals surface area (Å²) in [7, 11) is 0. The van der Waals surface area contributed by atoms with Crippen molar-refractivity contribution in [1.82, 2.24) is 14.5 Å². The Bertz CT molecular complexity index is 1220. The lowest BCUT2D eigenvalue weighted by Gasteiger charge is -2.25. The van der Waals surface area contributed by atoms with E-state index in [2.05, 4.69) is 9.97 Å². The normalized spacial score (nSPS) is 11.3. The van der Waals surface area contributed by atoms with E-state index in [4.69, 9.17) is 10.2 Å². The van der Waals surface area contributed by atoms with Gasteiger partial charge in [0.25, 0.3) is 5.56 Å². The monoisotopic (exact) mass is 473 g/mol. The fourth-order valence-electron chi connectivity index (χ4n) is 3.43. The summed E-state index contributed by atoms with van der Waals surface area (Å²) in [6.07, 6.45) is 2.26. The molecule has 9 nitrogen and oxygen atoms in total. The highest BCUT2D eigenvalue weighted by Gasteiger charge is 2.25. The summed E-state index contributed by atoms with van der Waals surface area (Å²) in [4.78, 5) is 46.7. The molecule has 0 aliphatic heterocycles. The molecule has 0 spiro atoms. The molecule has 3 rings (SSSR count). The van der Waals surface area contributed by atoms with Gasteiger partial charge in [0.2, 0.25) is 5.91 Å². The van der Waals surface area contributed by atoms with Gasteiger partial charge in [-0.05, 0) is 37.8 Å². The van der Waals surface area contributed by atoms with Crippen LogP contribution in [0.5, 0.6) is 0 Å². The molecule has 0 fully saturated rings. The van der Waals surface area contributed by atoms with Gasteiger partial charge in [-0.25, -0.2) is 9.78 Å². The van der Waals surface area contributed by atoms with Crippen molar-refractivity contribution < 1.29 is 9.21 Å². The number of H-pyrrole nitrogens is 1. The maximum absolute atomic E-state index is 13.4. The van der Waals surface area contributed by atoms with Crippen LogP contribution in [-0.4, -0.2) is 27.0 Å². The Kier molecular flexibility index (Phi) is 7.91. The second kappa shape index (κ2) is 10.7. The van der Waals surface area contributed by atoms with Gasteiger partial charge >= 0.3 is 5.69 Å². The Morgan fingerprint density at radius 3 is 2.73 bits per heavy atom. The first-order chi connectivity index (χ1) is 15.7. The van der Waals surface area contributed by atoms with Crippen molar-refractivity contribution in [3.05, 3.63) is 49.8 Å². The standard InChI is InChI=1S/C23H31N5O4S/c1-5-6-10-28-20(24)19(21(30)26-23(28)31)27(11-9-14(2)3)18(29)12-16-13-33-22(25-16)17-8-7-15(4)32-17/h7-8,13-14H,5-6,9-12,24H2,1-4H3,(H,26,30,31). The molecule has 33 heavy (non-hydrogen) atoms. The number of nitrogen functional groups attached to an aromatic ring is 1. The number of rotatable bonds is 10. The molecular formula is C23H31N5O4S. The van der Waals surface area contributed by atoms with E-state index in [9.17, 15) is 14.4 Å². The lowest BCUT2D eigenvalue weighted by atomic mass is 10.1. The largest absolute Gasteiger partial charge is 0.459 e. The number of amides is 1. The number of thiazole rings is 1. The molecule has 3 heterocycles. The van der Waals surface area contributed by atoms with Gasteiger partial charge in [-0.2, -0.15) is 0 Å². The maximum atomic E-state index is 13.4. The first-order valence-electron chi connectivity index (χ1n) is 11.1. The number of aryl methyl sites for hydroxylation is 1. The molecule has 0 aromatic carbocycles. The molecule has 3 N–H and O–H groups in total. The van der Waals surface area contributed by atoms with E-state index in [1.54, 1.807) is 0 Å². The van der Waals surface area contributed by atoms with Gasteiger partial charge < -0.3 is 15.1 Å². The number of unbranched alkanes of at least 4 members (excludes halogenated alkanes) is 1. The SMILES string of the molecule is CCCCn1c(N)c(N(CCC(C)C)C(=O)Cc2csc(-c3ccc(C)o3)n2)c(=O)[nH]c1=O. The number of nitrogens with one attached hydrogen (secondary N) is 1. The van der Waals surface area contributed by atoms with E-state index in [1.165, 1.54) is 20.8 Å². The number of anilines is 2. The summed E-state index contributed by atoms with van der Waals surface area (Å²) >= 11 is 1.39. The zero-order chi connectivity index (χ0) is 24.1. The molecule has 0 atom stereocenters. The Balaban J connectivity index is 1.93. The molecule has 0 aliphatic rings. The van der Waals surface area contributed by atoms with Gasteiger partial charge in [-0.15, -0.1) is 11.3 Å². The number of hydrogen-bond acceptors (Lipinski definition) is 7. The predicted molar refractivity (Wildman–Crippen MR) is 131 cm³/mol. The van der Waals surface area contributed by atoms with Crippen LogP contribution in [0.15, 0.2) is 31.5 Å². The topological polar surface area (TPSA) is 127 Å². The molecule has 0 unspecified atom stereocenters. The number of aromatic nitrogens is 3. The van der Waals surface area contributed by atoms with Crippen LogP contribution in [0, 0.1) is 12.8 Å². The summed E-state index contributed by atoms with van der Waals surface area (Å²) in [6, 6.07) is 3.70. The van der Waals surface area contributed by atoms with E-state index in [0.717, 1.165) is 18.6 Å². The molecular weight excluding hydrogens is 442 g/mol. The smallest absolute Gasteiger partial charge is 0.330 e. The van der Waals surface area contributed by atoms with Gasteiger partial charge in [0.1, 0.15) is 11.6 Å². The van der Waals surface area contributed by atoms with E-state index < -0.39 is 11.2 Å². The quantitative estimate of drug-likeness (QED) is 0.463. The first-order valence-corrected chi connectivity index (χ1v) is 12.0. The predicted octanol–water partition coefficient (Wildman–Crippen LogP) is 3.57. The number of nitrogens with zero attached hydrogens (tertiary/aromatic N) is 3. The molecule has 0 saturated heterocycles. The number of carbonyl (C=O) groups is 1. The summed E-state index contributed by atoms with van der Waals surface area (Å²) in [5.74, 6) is 1.45. The molecule has 178 valence electrons. The molecule has 3 aromatic heterocycles. The van der Waals surface area contributed by atoms with Crippen molar-refractivity contribution in [3.63, 3.8) is 0 Å². The van der Waals surface area contributed by atoms with Crippen molar-refractivity contribution in [2.45, 2.75) is 59.9 Å². The van der Waals surface area contributed by atoms with Gasteiger partial charge in [0.05, 0.1) is 12.1 Å². The van der Waals surface area contributed by atoms with Crippen LogP contribution < -0.4 is 21.9 Å². The summed E-state index contributed by atoms with van der Waals surface area (Å²) in [5, 5.41) is 2.49. The zero-order valence-corrected chi connectivity index (χ0v) is 20.3. The molecule has 0 aliphatic carbocycles. The average Bonchev–Trinajstić information content (AvgIpc) is 3.38. The molecule has 0 saturated carbocycles. The summed E-state index contributed by atoms with van der Waals surface area (Å²) in [6.45, 7) is 8.61. The highest BCUT2D eigenvalue weighted by Crippen LogP contribution is 2.26. The van der Waals surface area contributed by atoms with E-state index >= 15 is 0 Å². The Morgan fingerprint density at radius 2 is 2.09 bits per heavy atom. The number of nitrogens with two attached hydrogens (primary N) is 1. The lowest BCUT2D eigenvalue weighted by Crippen LogP contribution is -2.42. The number of furan rings is 1. The molecule has 1 amide bonds. The number of hydrogen-bond donors (Lipinski definition) is 2. The fraction of sp³-hybridized carbons (Fsp3) is 0.478. The Hall–Kier alpha value is -3.14. The minimum absolute atomic E-state index is 0.00124. The minimum atomic E-state index is -0.660. The highest BCUT2D eigenvalue weighted by molar-refractivity contribution is 7.13. The molecule has 3 aromatic rings. The van der Waals surface area contributed by atoms with E-state index in [1.807, 2.05) is 45.2 Å². The van der Waals surface area contributed by atoms with Gasteiger partial charge in [0, 0.05) is 18.5 Å². The van der Waals surface area contributed by atoms with Crippen LogP contribution in [0.1, 0.15) is 51.5 Å². The lowest BCUT2D eigenvalue weighted by molar-refractivity contribution is -0.118. The van der Waals surface area contributed by atoms with Gasteiger partial charge in [-0.1, -0.05) is 27.2 Å². The third kappa shape index (κ3) is 5.81. The summed E-state index contributed by atoms with van der Waals surface area (Å²) < 4.78 is 6.95. The van der Waals surface area contributed by atoms with Crippen molar-refractivity contribution in [3.8, 4) is 10.8 Å². The fourth-order valence-corrected chi connectivity index (χ4v) is 4.21. The third-order valence-corrected chi connectivity index (χ3v) is 6.19. The Morgan fingerprint density at radius 1 is 1.33 bits per heavy atom. The number of carbonyl (C=O) groups excluding carboxylic acids is 1. The van der Waals surface area contributed by atoms with Crippen molar-refractivity contribution in [2.75, 3.05) is 17.2 Å². The minimum Gasteiger partial charge on any atom is -0.459 e. The maximum Gasteiger partial charge on any atom is 0.330 e. The molecule has 0 bridgehead atoms. The van der Waals surface area contributed by atoms with Crippen LogP contribution in [0.2, 0.25) is 0 Å². The van der Waals surface area contributed by atoms with Crippen molar-refractivity contribution in [2.24, 2.45) is 5.92 Å². The average molecular weight is 474 g/mol. The summed E-state index contributed by atoms with van der Waals surface area (Å²) in [5.41, 5.74) is 5.65. The van der Waals surface area contributed by atoms with Crippen molar-refractivity contribution >= 4 is 28.7 Å². The highest BCUT2D eigenvalue weighted by atomic mass is 32.1. The van der Waals surface area contributed by atoms with Gasteiger partial charge in [-0.3, -0.25) is 19.1 Å². The van der Waals surface area contributed by atoms with Crippen LogP contribution in [0.3, 0.4) is 0 Å². The van der Waals surface area contributed by atoms with Crippen LogP contribution >= 0.6 is 11.3 Å². The van der Waals surface area contributed by atoms with Gasteiger partial charge in [0.15, 0.2) is 16.5 Å². The molecule has 10 heteroatoms.